The molecule has 1 amide bonds. The number of halogens is 2. The van der Waals surface area contributed by atoms with Gasteiger partial charge in [0.1, 0.15) is 17.4 Å². The number of amides is 1. The summed E-state index contributed by atoms with van der Waals surface area (Å²) in [6, 6.07) is 17.0. The highest BCUT2D eigenvalue weighted by molar-refractivity contribution is 6.08. The lowest BCUT2D eigenvalue weighted by Gasteiger charge is -2.13. The van der Waals surface area contributed by atoms with Crippen molar-refractivity contribution >= 4 is 23.0 Å². The lowest BCUT2D eigenvalue weighted by atomic mass is 10.1. The van der Waals surface area contributed by atoms with Crippen molar-refractivity contribution in [3.8, 4) is 5.75 Å². The second-order valence-electron chi connectivity index (χ2n) is 5.48. The Labute approximate surface area is 149 Å². The fourth-order valence-corrected chi connectivity index (χ4v) is 2.40. The second-order valence-corrected chi connectivity index (χ2v) is 5.48. The van der Waals surface area contributed by atoms with Crippen LogP contribution in [0.1, 0.15) is 10.4 Å². The summed E-state index contributed by atoms with van der Waals surface area (Å²) >= 11 is 0. The summed E-state index contributed by atoms with van der Waals surface area (Å²) in [7, 11) is 1.58. The Kier molecular flexibility index (Phi) is 5.12. The van der Waals surface area contributed by atoms with Crippen molar-refractivity contribution in [3.63, 3.8) is 0 Å². The first-order valence-electron chi connectivity index (χ1n) is 7.83. The van der Waals surface area contributed by atoms with Gasteiger partial charge in [-0.05, 0) is 48.5 Å². The summed E-state index contributed by atoms with van der Waals surface area (Å²) in [5.41, 5.74) is 1.55. The molecule has 0 fully saturated rings. The number of para-hydroxylation sites is 1. The van der Waals surface area contributed by atoms with Crippen molar-refractivity contribution in [2.24, 2.45) is 0 Å². The molecule has 0 aromatic heterocycles. The number of benzene rings is 3. The Morgan fingerprint density at radius 2 is 1.65 bits per heavy atom. The highest BCUT2D eigenvalue weighted by Crippen LogP contribution is 2.24. The number of ether oxygens (including phenoxy) is 1. The van der Waals surface area contributed by atoms with Gasteiger partial charge in [0.05, 0.1) is 24.0 Å². The molecule has 3 aromatic rings. The first-order valence-corrected chi connectivity index (χ1v) is 7.83. The van der Waals surface area contributed by atoms with Gasteiger partial charge in [-0.3, -0.25) is 4.79 Å². The molecular weight excluding hydrogens is 338 g/mol. The number of anilines is 3. The average molecular weight is 354 g/mol. The van der Waals surface area contributed by atoms with Crippen LogP contribution in [0.2, 0.25) is 0 Å². The van der Waals surface area contributed by atoms with E-state index in [1.54, 1.807) is 43.5 Å². The number of methoxy groups -OCH3 is 1. The van der Waals surface area contributed by atoms with Gasteiger partial charge in [-0.25, -0.2) is 8.78 Å². The molecule has 0 aliphatic heterocycles. The lowest BCUT2D eigenvalue weighted by molar-refractivity contribution is 0.102. The van der Waals surface area contributed by atoms with Crippen molar-refractivity contribution in [3.05, 3.63) is 83.9 Å². The quantitative estimate of drug-likeness (QED) is 0.680. The van der Waals surface area contributed by atoms with Crippen molar-refractivity contribution < 1.29 is 18.3 Å². The minimum Gasteiger partial charge on any atom is -0.497 e. The molecule has 0 unspecified atom stereocenters. The van der Waals surface area contributed by atoms with E-state index in [0.717, 1.165) is 17.8 Å². The largest absolute Gasteiger partial charge is 0.497 e. The fourth-order valence-electron chi connectivity index (χ4n) is 2.40. The molecule has 0 saturated carbocycles. The molecule has 3 aromatic carbocycles. The monoisotopic (exact) mass is 354 g/mol. The topological polar surface area (TPSA) is 50.4 Å². The minimum atomic E-state index is -0.834. The fraction of sp³-hybridized carbons (Fsp3) is 0.0500. The number of hydrogen-bond acceptors (Lipinski definition) is 3. The number of hydrogen-bond donors (Lipinski definition) is 2. The maximum absolute atomic E-state index is 13.8. The Morgan fingerprint density at radius 1 is 0.923 bits per heavy atom. The lowest BCUT2D eigenvalue weighted by Crippen LogP contribution is -2.14. The van der Waals surface area contributed by atoms with Crippen LogP contribution in [0.3, 0.4) is 0 Å². The molecule has 0 atom stereocenters. The number of nitrogens with one attached hydrogen (secondary N) is 2. The van der Waals surface area contributed by atoms with Crippen LogP contribution in [-0.4, -0.2) is 13.0 Å². The molecule has 0 bridgehead atoms. The zero-order valence-electron chi connectivity index (χ0n) is 13.9. The Balaban J connectivity index is 1.82. The van der Waals surface area contributed by atoms with Crippen molar-refractivity contribution in [2.75, 3.05) is 17.7 Å². The first-order chi connectivity index (χ1) is 12.6. The van der Waals surface area contributed by atoms with Crippen molar-refractivity contribution in [1.82, 2.24) is 0 Å². The third-order valence-electron chi connectivity index (χ3n) is 3.72. The van der Waals surface area contributed by atoms with E-state index in [9.17, 15) is 13.6 Å². The van der Waals surface area contributed by atoms with E-state index in [4.69, 9.17) is 4.74 Å². The van der Waals surface area contributed by atoms with E-state index in [1.807, 2.05) is 12.1 Å². The van der Waals surface area contributed by atoms with Gasteiger partial charge in [-0.15, -0.1) is 0 Å². The Bertz CT molecular complexity index is 927. The molecule has 4 nitrogen and oxygen atoms in total. The van der Waals surface area contributed by atoms with E-state index >= 15 is 0 Å². The van der Waals surface area contributed by atoms with Crippen LogP contribution in [0.15, 0.2) is 66.7 Å². The Morgan fingerprint density at radius 3 is 2.35 bits per heavy atom. The van der Waals surface area contributed by atoms with Crippen LogP contribution < -0.4 is 15.4 Å². The van der Waals surface area contributed by atoms with E-state index in [-0.39, 0.29) is 5.69 Å². The van der Waals surface area contributed by atoms with Crippen LogP contribution in [0.25, 0.3) is 0 Å². The van der Waals surface area contributed by atoms with Gasteiger partial charge in [0.15, 0.2) is 0 Å². The van der Waals surface area contributed by atoms with Crippen molar-refractivity contribution in [2.45, 2.75) is 0 Å². The molecule has 26 heavy (non-hydrogen) atoms. The molecule has 2 N–H and O–H groups in total. The molecule has 132 valence electrons. The summed E-state index contributed by atoms with van der Waals surface area (Å²) in [6.45, 7) is 0. The second kappa shape index (κ2) is 7.65. The molecular formula is C20H16F2N2O2. The maximum atomic E-state index is 13.8. The number of carbonyl (C=O) groups excluding carboxylic acids is 1. The summed E-state index contributed by atoms with van der Waals surface area (Å²) in [4.78, 5) is 12.5. The SMILES string of the molecule is COc1ccc(Nc2ccccc2C(=O)Nc2ccc(F)cc2F)cc1. The van der Waals surface area contributed by atoms with E-state index < -0.39 is 17.5 Å². The molecule has 6 heteroatoms. The summed E-state index contributed by atoms with van der Waals surface area (Å²) in [5.74, 6) is -1.33. The van der Waals surface area contributed by atoms with Gasteiger partial charge in [-0.1, -0.05) is 12.1 Å². The Hall–Kier alpha value is -3.41. The average Bonchev–Trinajstić information content (AvgIpc) is 2.65. The predicted molar refractivity (Wildman–Crippen MR) is 97.0 cm³/mol. The highest BCUT2D eigenvalue weighted by Gasteiger charge is 2.14. The normalized spacial score (nSPS) is 10.3. The van der Waals surface area contributed by atoms with Crippen LogP contribution in [0.4, 0.5) is 25.8 Å². The van der Waals surface area contributed by atoms with E-state index in [0.29, 0.717) is 17.0 Å². The van der Waals surface area contributed by atoms with Gasteiger partial charge in [0.2, 0.25) is 0 Å². The number of rotatable bonds is 5. The van der Waals surface area contributed by atoms with Crippen LogP contribution >= 0.6 is 0 Å². The molecule has 0 aliphatic carbocycles. The van der Waals surface area contributed by atoms with Gasteiger partial charge >= 0.3 is 0 Å². The van der Waals surface area contributed by atoms with Gasteiger partial charge in [0, 0.05) is 11.8 Å². The third-order valence-corrected chi connectivity index (χ3v) is 3.72. The first kappa shape index (κ1) is 17.4. The van der Waals surface area contributed by atoms with Crippen LogP contribution in [0.5, 0.6) is 5.75 Å². The van der Waals surface area contributed by atoms with E-state index in [1.165, 1.54) is 6.07 Å². The number of carbonyl (C=O) groups is 1. The third kappa shape index (κ3) is 3.97. The van der Waals surface area contributed by atoms with Gasteiger partial charge in [-0.2, -0.15) is 0 Å². The van der Waals surface area contributed by atoms with Gasteiger partial charge < -0.3 is 15.4 Å². The molecule has 3 rings (SSSR count). The van der Waals surface area contributed by atoms with E-state index in [2.05, 4.69) is 10.6 Å². The molecule has 0 radical (unpaired) electrons. The highest BCUT2D eigenvalue weighted by atomic mass is 19.1. The smallest absolute Gasteiger partial charge is 0.257 e. The zero-order valence-corrected chi connectivity index (χ0v) is 13.9. The standard InChI is InChI=1S/C20H16F2N2O2/c1-26-15-9-7-14(8-10-15)23-18-5-3-2-4-16(18)20(25)24-19-11-6-13(21)12-17(19)22/h2-12,23H,1H3,(H,24,25). The zero-order chi connectivity index (χ0) is 18.5. The predicted octanol–water partition coefficient (Wildman–Crippen LogP) is 4.97. The summed E-state index contributed by atoms with van der Waals surface area (Å²) < 4.78 is 31.9. The minimum absolute atomic E-state index is 0.0874. The molecule has 0 saturated heterocycles. The van der Waals surface area contributed by atoms with Gasteiger partial charge in [0.25, 0.3) is 5.91 Å². The van der Waals surface area contributed by atoms with Crippen molar-refractivity contribution in [1.29, 1.82) is 0 Å². The summed E-state index contributed by atoms with van der Waals surface area (Å²) in [5, 5.41) is 5.60. The molecule has 0 spiro atoms. The van der Waals surface area contributed by atoms with Crippen LogP contribution in [-0.2, 0) is 0 Å². The molecule has 0 aliphatic rings. The summed E-state index contributed by atoms with van der Waals surface area (Å²) in [6.07, 6.45) is 0. The van der Waals surface area contributed by atoms with Crippen LogP contribution in [0, 0.1) is 11.6 Å². The maximum Gasteiger partial charge on any atom is 0.257 e. The molecule has 0 heterocycles.